The minimum Gasteiger partial charge on any atom is -0.147 e. The standard InChI is InChI=1S/C29H37.C5H5.2C2H5.2ClH.H2Si.Zr/c1-18-25-22-17-19-13-9-10-14-20(19)24(22)21-15-11-12-16-23(21)29(25,8)28(6,7)27(4,5)26(18,2)3;1-2-4-5-3-1;2*1-2;;;;/h9-11,13-15,23H,12,16-17H2,1-8H3;1-3H,4H2;2*1H2,2H3;2*1H;1H2;. The zero-order valence-electron chi connectivity index (χ0n) is 28.0. The van der Waals surface area contributed by atoms with E-state index < -0.39 is 17.4 Å². The van der Waals surface area contributed by atoms with Crippen molar-refractivity contribution in [3.63, 3.8) is 0 Å². The van der Waals surface area contributed by atoms with Gasteiger partial charge in [0.1, 0.15) is 0 Å². The molecule has 0 heterocycles. The molecule has 1 fully saturated rings. The van der Waals surface area contributed by atoms with Gasteiger partial charge in [-0.05, 0) is 0 Å². The maximum absolute atomic E-state index is 3.77. The Balaban J connectivity index is 0.00000202. The minimum atomic E-state index is -3.77. The van der Waals surface area contributed by atoms with Crippen molar-refractivity contribution in [3.05, 3.63) is 85.8 Å². The molecule has 0 spiro atoms. The number of rotatable bonds is 4. The van der Waals surface area contributed by atoms with E-state index in [1.54, 1.807) is 22.3 Å². The minimum absolute atomic E-state index is 0. The van der Waals surface area contributed by atoms with Gasteiger partial charge in [0.05, 0.1) is 0 Å². The predicted octanol–water partition coefficient (Wildman–Crippen LogP) is 11.4. The van der Waals surface area contributed by atoms with Gasteiger partial charge in [0.2, 0.25) is 0 Å². The monoisotopic (exact) mass is 700 g/mol. The van der Waals surface area contributed by atoms with Gasteiger partial charge in [0.25, 0.3) is 0 Å². The van der Waals surface area contributed by atoms with Gasteiger partial charge in [0.15, 0.2) is 0 Å². The molecule has 0 aliphatic heterocycles. The summed E-state index contributed by atoms with van der Waals surface area (Å²) in [6.07, 6.45) is 17.3. The molecule has 1 aromatic rings. The Bertz CT molecular complexity index is 1540. The summed E-state index contributed by atoms with van der Waals surface area (Å²) in [5.41, 5.74) is 10.6. The average molecular weight is 703 g/mol. The van der Waals surface area contributed by atoms with Gasteiger partial charge in [0, 0.05) is 0 Å². The molecule has 0 N–H and O–H groups in total. The van der Waals surface area contributed by atoms with Crippen molar-refractivity contribution in [2.75, 3.05) is 0 Å². The molecular formula is C38H56Cl2SiZr. The van der Waals surface area contributed by atoms with Crippen LogP contribution >= 0.6 is 24.8 Å². The Kier molecular flexibility index (Phi) is 8.46. The predicted molar refractivity (Wildman–Crippen MR) is 190 cm³/mol. The van der Waals surface area contributed by atoms with E-state index in [4.69, 9.17) is 0 Å². The van der Waals surface area contributed by atoms with Crippen molar-refractivity contribution in [1.29, 1.82) is 0 Å². The summed E-state index contributed by atoms with van der Waals surface area (Å²) in [6, 6.07) is 9.43. The Hall–Kier alpha value is -0.400. The van der Waals surface area contributed by atoms with E-state index in [2.05, 4.69) is 131 Å². The molecule has 0 aromatic heterocycles. The number of allylic oxidation sites excluding steroid dienone is 10. The number of hydrogen-bond acceptors (Lipinski definition) is 0. The number of fused-ring (bicyclic) bond motifs is 6. The summed E-state index contributed by atoms with van der Waals surface area (Å²) in [4.78, 5) is 0. The Morgan fingerprint density at radius 3 is 2.10 bits per heavy atom. The first-order valence-electron chi connectivity index (χ1n) is 16.2. The SMILES string of the molecule is C[CH2][Zr](=[SiH2])([CH2]C)([C]1=CC=CC1)[C]1(C)C2=C3Cc4ccccc4C3=C3C=CCCC3C2(C)C(C)(C)C(C)(C)C1(C)C.Cl.Cl. The first-order chi connectivity index (χ1) is 18.6. The van der Waals surface area contributed by atoms with Crippen LogP contribution in [0.5, 0.6) is 0 Å². The first kappa shape index (κ1) is 34.5. The molecule has 5 aliphatic rings. The summed E-state index contributed by atoms with van der Waals surface area (Å²) in [7, 11) is 0. The molecular weight excluding hydrogens is 647 g/mol. The van der Waals surface area contributed by atoms with E-state index in [1.165, 1.54) is 33.1 Å². The van der Waals surface area contributed by atoms with Gasteiger partial charge in [-0.2, -0.15) is 0 Å². The summed E-state index contributed by atoms with van der Waals surface area (Å²) in [5.74, 6) is 0.572. The molecule has 0 amide bonds. The van der Waals surface area contributed by atoms with Crippen LogP contribution in [0.1, 0.15) is 99.6 Å². The molecule has 5 aliphatic carbocycles. The third-order valence-electron chi connectivity index (χ3n) is 15.9. The van der Waals surface area contributed by atoms with Crippen molar-refractivity contribution in [1.82, 2.24) is 0 Å². The van der Waals surface area contributed by atoms with Crippen LogP contribution < -0.4 is 0 Å². The molecule has 1 aromatic carbocycles. The summed E-state index contributed by atoms with van der Waals surface area (Å²) >= 11 is -3.77. The van der Waals surface area contributed by atoms with Crippen LogP contribution in [0.3, 0.4) is 0 Å². The van der Waals surface area contributed by atoms with E-state index >= 15 is 0 Å². The van der Waals surface area contributed by atoms with Crippen molar-refractivity contribution < 1.29 is 17.4 Å². The fourth-order valence-electron chi connectivity index (χ4n) is 11.7. The van der Waals surface area contributed by atoms with E-state index in [0.29, 0.717) is 5.92 Å². The Morgan fingerprint density at radius 1 is 0.857 bits per heavy atom. The van der Waals surface area contributed by atoms with Crippen molar-refractivity contribution in [2.45, 2.75) is 106 Å². The normalized spacial score (nSPS) is 31.8. The molecule has 1 saturated carbocycles. The molecule has 230 valence electrons. The molecule has 42 heavy (non-hydrogen) atoms. The van der Waals surface area contributed by atoms with Gasteiger partial charge in [-0.1, -0.05) is 0 Å². The second-order valence-electron chi connectivity index (χ2n) is 16.2. The van der Waals surface area contributed by atoms with Crippen LogP contribution in [0.2, 0.25) is 11.4 Å². The summed E-state index contributed by atoms with van der Waals surface area (Å²) in [5, 5.41) is 0. The maximum Gasteiger partial charge on any atom is -0.147 e. The van der Waals surface area contributed by atoms with Crippen LogP contribution in [0.4, 0.5) is 0 Å². The zero-order valence-corrected chi connectivity index (χ0v) is 33.5. The van der Waals surface area contributed by atoms with Gasteiger partial charge in [-0.3, -0.25) is 0 Å². The van der Waals surface area contributed by atoms with Crippen LogP contribution in [0.15, 0.2) is 74.6 Å². The van der Waals surface area contributed by atoms with E-state index in [1.807, 2.05) is 8.85 Å². The maximum atomic E-state index is 2.86. The fourth-order valence-corrected chi connectivity index (χ4v) is 35.8. The Morgan fingerprint density at radius 2 is 1.50 bits per heavy atom. The Labute approximate surface area is 272 Å². The molecule has 0 saturated heterocycles. The number of hydrogen-bond donors (Lipinski definition) is 0. The van der Waals surface area contributed by atoms with Crippen LogP contribution in [-0.2, 0) is 23.8 Å². The number of halogens is 2. The first-order valence-corrected chi connectivity index (χ1v) is 28.1. The average Bonchev–Trinajstić information content (AvgIpc) is 3.61. The largest absolute Gasteiger partial charge is 0.147 e. The van der Waals surface area contributed by atoms with Crippen LogP contribution in [0.25, 0.3) is 5.57 Å². The molecule has 0 radical (unpaired) electrons. The molecule has 3 unspecified atom stereocenters. The molecule has 6 rings (SSSR count). The van der Waals surface area contributed by atoms with Crippen molar-refractivity contribution in [2.24, 2.45) is 27.6 Å². The number of benzene rings is 1. The molecule has 0 bridgehead atoms. The fraction of sp³-hybridized carbons (Fsp3) is 0.579. The van der Waals surface area contributed by atoms with E-state index in [9.17, 15) is 0 Å². The van der Waals surface area contributed by atoms with Crippen molar-refractivity contribution in [3.8, 4) is 0 Å². The van der Waals surface area contributed by atoms with Gasteiger partial charge < -0.3 is 0 Å². The summed E-state index contributed by atoms with van der Waals surface area (Å²) < 4.78 is 4.78. The second-order valence-corrected chi connectivity index (χ2v) is 43.3. The molecule has 4 heteroatoms. The van der Waals surface area contributed by atoms with Gasteiger partial charge in [-0.15, -0.1) is 24.8 Å². The van der Waals surface area contributed by atoms with Crippen LogP contribution in [-0.4, -0.2) is 6.88 Å². The smallest absolute Gasteiger partial charge is 0.147 e. The third kappa shape index (κ3) is 3.46. The van der Waals surface area contributed by atoms with Gasteiger partial charge in [-0.25, -0.2) is 0 Å². The van der Waals surface area contributed by atoms with E-state index in [0.717, 1.165) is 6.42 Å². The molecule has 0 nitrogen and oxygen atoms in total. The second kappa shape index (κ2) is 10.3. The quantitative estimate of drug-likeness (QED) is 0.274. The van der Waals surface area contributed by atoms with E-state index in [-0.39, 0.29) is 49.6 Å². The topological polar surface area (TPSA) is 0 Å². The zero-order chi connectivity index (χ0) is 29.2. The van der Waals surface area contributed by atoms with Crippen molar-refractivity contribution >= 4 is 37.3 Å². The molecule has 3 atom stereocenters. The van der Waals surface area contributed by atoms with Gasteiger partial charge >= 0.3 is 250 Å². The third-order valence-corrected chi connectivity index (χ3v) is 50.7. The van der Waals surface area contributed by atoms with Crippen LogP contribution in [0, 0.1) is 27.6 Å². The summed E-state index contributed by atoms with van der Waals surface area (Å²) in [6.45, 7) is 29.6.